The van der Waals surface area contributed by atoms with Crippen LogP contribution in [-0.4, -0.2) is 22.2 Å². The maximum absolute atomic E-state index is 11.9. The molecule has 1 N–H and O–H groups in total. The van der Waals surface area contributed by atoms with Crippen LogP contribution in [-0.2, 0) is 0 Å². The number of nitrogens with zero attached hydrogens (tertiary/aromatic N) is 2. The molecule has 122 valence electrons. The quantitative estimate of drug-likeness (QED) is 0.324. The molecule has 6 nitrogen and oxygen atoms in total. The summed E-state index contributed by atoms with van der Waals surface area (Å²) in [5.74, 6) is 0.711. The van der Waals surface area contributed by atoms with Crippen LogP contribution in [0.25, 0.3) is 0 Å². The minimum absolute atomic E-state index is 0.157. The second-order valence-electron chi connectivity index (χ2n) is 4.90. The van der Waals surface area contributed by atoms with E-state index in [9.17, 15) is 4.79 Å². The lowest BCUT2D eigenvalue weighted by molar-refractivity contribution is 0.0701. The topological polar surface area (TPSA) is 77.3 Å². The minimum atomic E-state index is -0.542. The van der Waals surface area contributed by atoms with Crippen molar-refractivity contribution < 1.29 is 13.9 Å². The normalized spacial score (nSPS) is 10.4. The monoisotopic (exact) mass is 341 g/mol. The predicted octanol–water partition coefficient (Wildman–Crippen LogP) is 4.06. The fourth-order valence-electron chi connectivity index (χ4n) is 2.03. The van der Waals surface area contributed by atoms with E-state index in [1.54, 1.807) is 30.3 Å². The average molecular weight is 341 g/mol. The average Bonchev–Trinajstić information content (AvgIpc) is 3.09. The van der Waals surface area contributed by atoms with Gasteiger partial charge < -0.3 is 14.5 Å². The van der Waals surface area contributed by atoms with E-state index in [-0.39, 0.29) is 5.76 Å². The van der Waals surface area contributed by atoms with Crippen molar-refractivity contribution in [3.8, 4) is 5.75 Å². The summed E-state index contributed by atoms with van der Waals surface area (Å²) in [6.45, 7) is 1.91. The van der Waals surface area contributed by atoms with Gasteiger partial charge in [-0.05, 0) is 37.4 Å². The Morgan fingerprint density at radius 2 is 2.08 bits per heavy atom. The highest BCUT2D eigenvalue weighted by molar-refractivity contribution is 7.98. The molecule has 0 aliphatic carbocycles. The second kappa shape index (κ2) is 7.18. The van der Waals surface area contributed by atoms with Crippen LogP contribution in [0.1, 0.15) is 16.2 Å². The molecule has 0 spiro atoms. The molecule has 0 bridgehead atoms. The zero-order chi connectivity index (χ0) is 16.9. The van der Waals surface area contributed by atoms with Crippen molar-refractivity contribution in [2.24, 2.45) is 0 Å². The lowest BCUT2D eigenvalue weighted by Gasteiger charge is -2.09. The maximum Gasteiger partial charge on any atom is 0.379 e. The molecule has 0 aliphatic heterocycles. The predicted molar refractivity (Wildman–Crippen MR) is 91.9 cm³/mol. The molecule has 3 aromatic rings. The van der Waals surface area contributed by atoms with Crippen molar-refractivity contribution in [1.82, 2.24) is 9.97 Å². The van der Waals surface area contributed by atoms with Crippen LogP contribution in [0.15, 0.2) is 58.3 Å². The lowest BCUT2D eigenvalue weighted by Crippen LogP contribution is -2.07. The summed E-state index contributed by atoms with van der Waals surface area (Å²) < 4.78 is 10.3. The molecule has 0 fully saturated rings. The number of nitrogens with one attached hydrogen (secondary N) is 1. The van der Waals surface area contributed by atoms with Crippen molar-refractivity contribution in [2.45, 2.75) is 12.1 Å². The molecule has 0 aliphatic rings. The van der Waals surface area contributed by atoms with E-state index < -0.39 is 5.97 Å². The molecule has 0 radical (unpaired) electrons. The molecular formula is C17H15N3O3S. The van der Waals surface area contributed by atoms with Crippen molar-refractivity contribution in [1.29, 1.82) is 0 Å². The van der Waals surface area contributed by atoms with Crippen LogP contribution in [0.5, 0.6) is 5.75 Å². The zero-order valence-electron chi connectivity index (χ0n) is 13.1. The molecule has 0 saturated heterocycles. The van der Waals surface area contributed by atoms with Crippen LogP contribution in [0.2, 0.25) is 0 Å². The number of carbonyl (C=O) groups excluding carboxylic acids is 1. The van der Waals surface area contributed by atoms with Gasteiger partial charge in [-0.15, -0.1) is 0 Å². The van der Waals surface area contributed by atoms with Crippen LogP contribution in [0.3, 0.4) is 0 Å². The van der Waals surface area contributed by atoms with Gasteiger partial charge in [-0.1, -0.05) is 17.8 Å². The Hall–Kier alpha value is -2.80. The number of carbonyl (C=O) groups is 1. The van der Waals surface area contributed by atoms with Gasteiger partial charge in [0.15, 0.2) is 5.16 Å². The van der Waals surface area contributed by atoms with Gasteiger partial charge in [0.25, 0.3) is 0 Å². The summed E-state index contributed by atoms with van der Waals surface area (Å²) in [6, 6.07) is 12.1. The largest absolute Gasteiger partial charge is 0.457 e. The van der Waals surface area contributed by atoms with E-state index in [1.165, 1.54) is 18.0 Å². The summed E-state index contributed by atoms with van der Waals surface area (Å²) in [5, 5.41) is 3.88. The van der Waals surface area contributed by atoms with Crippen LogP contribution in [0.4, 0.5) is 11.5 Å². The highest BCUT2D eigenvalue weighted by Crippen LogP contribution is 2.23. The third-order valence-electron chi connectivity index (χ3n) is 3.06. The Balaban J connectivity index is 1.76. The SMILES string of the molecule is CSc1nc(C)cc(Nc2cccc(OC(=O)c3ccco3)c2)n1. The van der Waals surface area contributed by atoms with Crippen molar-refractivity contribution in [2.75, 3.05) is 11.6 Å². The Kier molecular flexibility index (Phi) is 4.81. The van der Waals surface area contributed by atoms with Gasteiger partial charge in [0, 0.05) is 23.5 Å². The third kappa shape index (κ3) is 3.94. The molecule has 2 heterocycles. The van der Waals surface area contributed by atoms with E-state index in [2.05, 4.69) is 15.3 Å². The number of furan rings is 1. The van der Waals surface area contributed by atoms with Gasteiger partial charge in [0.05, 0.1) is 6.26 Å². The van der Waals surface area contributed by atoms with Crippen molar-refractivity contribution in [3.63, 3.8) is 0 Å². The molecule has 2 aromatic heterocycles. The molecule has 0 saturated carbocycles. The van der Waals surface area contributed by atoms with Crippen molar-refractivity contribution >= 4 is 29.2 Å². The van der Waals surface area contributed by atoms with Crippen LogP contribution < -0.4 is 10.1 Å². The van der Waals surface area contributed by atoms with Gasteiger partial charge in [-0.3, -0.25) is 0 Å². The first-order valence-electron chi connectivity index (χ1n) is 7.16. The highest BCUT2D eigenvalue weighted by atomic mass is 32.2. The summed E-state index contributed by atoms with van der Waals surface area (Å²) in [7, 11) is 0. The zero-order valence-corrected chi connectivity index (χ0v) is 14.0. The second-order valence-corrected chi connectivity index (χ2v) is 5.67. The lowest BCUT2D eigenvalue weighted by atomic mass is 10.3. The van der Waals surface area contributed by atoms with Gasteiger partial charge in [-0.2, -0.15) is 0 Å². The Labute approximate surface area is 143 Å². The maximum atomic E-state index is 11.9. The van der Waals surface area contributed by atoms with E-state index >= 15 is 0 Å². The van der Waals surface area contributed by atoms with E-state index in [0.29, 0.717) is 16.7 Å². The summed E-state index contributed by atoms with van der Waals surface area (Å²) in [5.41, 5.74) is 1.63. The highest BCUT2D eigenvalue weighted by Gasteiger charge is 2.11. The van der Waals surface area contributed by atoms with Gasteiger partial charge in [0.2, 0.25) is 5.76 Å². The molecule has 0 unspecified atom stereocenters. The van der Waals surface area contributed by atoms with Gasteiger partial charge >= 0.3 is 5.97 Å². The van der Waals surface area contributed by atoms with Crippen LogP contribution in [0, 0.1) is 6.92 Å². The summed E-state index contributed by atoms with van der Waals surface area (Å²) in [6.07, 6.45) is 3.35. The first-order chi connectivity index (χ1) is 11.6. The first kappa shape index (κ1) is 16.1. The van der Waals surface area contributed by atoms with E-state index in [0.717, 1.165) is 11.4 Å². The Bertz CT molecular complexity index is 850. The van der Waals surface area contributed by atoms with Crippen LogP contribution >= 0.6 is 11.8 Å². The fraction of sp³-hybridized carbons (Fsp3) is 0.118. The Morgan fingerprint density at radius 1 is 1.21 bits per heavy atom. The third-order valence-corrected chi connectivity index (χ3v) is 3.60. The number of hydrogen-bond donors (Lipinski definition) is 1. The molecule has 1 aromatic carbocycles. The Morgan fingerprint density at radius 3 is 2.83 bits per heavy atom. The van der Waals surface area contributed by atoms with Crippen molar-refractivity contribution in [3.05, 3.63) is 60.2 Å². The summed E-state index contributed by atoms with van der Waals surface area (Å²) in [4.78, 5) is 20.6. The standard InChI is InChI=1S/C17H15N3O3S/c1-11-9-15(20-17(18-11)24-2)19-12-5-3-6-13(10-12)23-16(21)14-7-4-8-22-14/h3-10H,1-2H3,(H,18,19,20). The molecule has 7 heteroatoms. The number of hydrogen-bond acceptors (Lipinski definition) is 7. The molecule has 24 heavy (non-hydrogen) atoms. The minimum Gasteiger partial charge on any atom is -0.457 e. The number of rotatable bonds is 5. The molecular weight excluding hydrogens is 326 g/mol. The molecule has 0 amide bonds. The van der Waals surface area contributed by atoms with Gasteiger partial charge in [-0.25, -0.2) is 14.8 Å². The number of thioether (sulfide) groups is 1. The number of benzene rings is 1. The van der Waals surface area contributed by atoms with E-state index in [4.69, 9.17) is 9.15 Å². The summed E-state index contributed by atoms with van der Waals surface area (Å²) >= 11 is 1.48. The van der Waals surface area contributed by atoms with E-state index in [1.807, 2.05) is 25.3 Å². The number of anilines is 2. The fourth-order valence-corrected chi connectivity index (χ4v) is 2.46. The molecule has 3 rings (SSSR count). The van der Waals surface area contributed by atoms with Gasteiger partial charge in [0.1, 0.15) is 11.6 Å². The smallest absolute Gasteiger partial charge is 0.379 e. The number of ether oxygens (including phenoxy) is 1. The number of aryl methyl sites for hydroxylation is 1. The first-order valence-corrected chi connectivity index (χ1v) is 8.39. The number of esters is 1. The number of aromatic nitrogens is 2. The molecule has 0 atom stereocenters.